The minimum atomic E-state index is -0.409. The van der Waals surface area contributed by atoms with Crippen LogP contribution in [0.1, 0.15) is 11.4 Å². The average Bonchev–Trinajstić information content (AvgIpc) is 3.34. The summed E-state index contributed by atoms with van der Waals surface area (Å²) < 4.78 is 21.7. The lowest BCUT2D eigenvalue weighted by Gasteiger charge is -2.15. The molecule has 2 aromatic carbocycles. The molecule has 9 heteroatoms. The number of benzene rings is 2. The Labute approximate surface area is 171 Å². The molecular formula is C21H21FN6O2. The summed E-state index contributed by atoms with van der Waals surface area (Å²) >= 11 is 0. The van der Waals surface area contributed by atoms with E-state index >= 15 is 0 Å². The number of methoxy groups -OCH3 is 1. The molecule has 0 bridgehead atoms. The molecule has 0 atom stereocenters. The molecule has 4 rings (SSSR count). The summed E-state index contributed by atoms with van der Waals surface area (Å²) in [7, 11) is 3.39. The highest BCUT2D eigenvalue weighted by Crippen LogP contribution is 2.29. The van der Waals surface area contributed by atoms with E-state index in [4.69, 9.17) is 4.74 Å². The molecule has 0 aliphatic carbocycles. The first-order valence-corrected chi connectivity index (χ1v) is 9.33. The number of nitrogens with zero attached hydrogens (tertiary/aromatic N) is 4. The summed E-state index contributed by atoms with van der Waals surface area (Å²) in [5, 5.41) is 10.9. The maximum atomic E-state index is 14.8. The van der Waals surface area contributed by atoms with Gasteiger partial charge in [-0.3, -0.25) is 9.88 Å². The summed E-state index contributed by atoms with van der Waals surface area (Å²) in [4.78, 5) is 15.9. The molecule has 2 N–H and O–H groups in total. The zero-order valence-electron chi connectivity index (χ0n) is 16.6. The zero-order chi connectivity index (χ0) is 21.1. The molecule has 0 amide bonds. The van der Waals surface area contributed by atoms with Gasteiger partial charge in [0.15, 0.2) is 0 Å². The van der Waals surface area contributed by atoms with Crippen LogP contribution in [0.25, 0.3) is 16.9 Å². The highest BCUT2D eigenvalue weighted by molar-refractivity contribution is 5.65. The van der Waals surface area contributed by atoms with Gasteiger partial charge in [-0.05, 0) is 31.3 Å². The topological polar surface area (TPSA) is 91.8 Å². The Bertz CT molecular complexity index is 1200. The van der Waals surface area contributed by atoms with Crippen molar-refractivity contribution >= 4 is 0 Å². The first-order chi connectivity index (χ1) is 14.5. The Morgan fingerprint density at radius 2 is 1.97 bits per heavy atom. The Morgan fingerprint density at radius 1 is 1.17 bits per heavy atom. The molecule has 0 saturated heterocycles. The number of rotatable bonds is 7. The number of aromatic amines is 2. The van der Waals surface area contributed by atoms with Crippen LogP contribution in [0.15, 0.2) is 59.5 Å². The van der Waals surface area contributed by atoms with Gasteiger partial charge < -0.3 is 4.74 Å². The molecule has 2 aromatic heterocycles. The van der Waals surface area contributed by atoms with Crippen molar-refractivity contribution < 1.29 is 9.13 Å². The van der Waals surface area contributed by atoms with E-state index in [1.165, 1.54) is 13.2 Å². The minimum absolute atomic E-state index is 0.351. The van der Waals surface area contributed by atoms with Crippen LogP contribution < -0.4 is 10.4 Å². The number of H-pyrrole nitrogens is 2. The molecule has 8 nitrogen and oxygen atoms in total. The maximum absolute atomic E-state index is 14.8. The van der Waals surface area contributed by atoms with Gasteiger partial charge in [0.25, 0.3) is 0 Å². The predicted molar refractivity (Wildman–Crippen MR) is 110 cm³/mol. The second-order valence-corrected chi connectivity index (χ2v) is 6.93. The zero-order valence-corrected chi connectivity index (χ0v) is 16.6. The summed E-state index contributed by atoms with van der Waals surface area (Å²) in [6, 6.07) is 14.4. The van der Waals surface area contributed by atoms with Gasteiger partial charge in [0.1, 0.15) is 23.1 Å². The van der Waals surface area contributed by atoms with Gasteiger partial charge in [-0.15, -0.1) is 0 Å². The van der Waals surface area contributed by atoms with Crippen molar-refractivity contribution in [1.29, 1.82) is 0 Å². The number of halogens is 1. The smallest absolute Gasteiger partial charge is 0.340 e. The normalized spacial score (nSPS) is 11.2. The first-order valence-electron chi connectivity index (χ1n) is 9.33. The SMILES string of the molecule is COc1ccc(-c2nn(-c3ccccc3)cc2CN(C)Cc2n[nH]c(=O)[nH]2)c(F)c1. The van der Waals surface area contributed by atoms with E-state index in [2.05, 4.69) is 20.3 Å². The lowest BCUT2D eigenvalue weighted by Crippen LogP contribution is -2.18. The summed E-state index contributed by atoms with van der Waals surface area (Å²) in [5.74, 6) is 0.559. The van der Waals surface area contributed by atoms with E-state index in [0.717, 1.165) is 11.3 Å². The van der Waals surface area contributed by atoms with Crippen molar-refractivity contribution in [1.82, 2.24) is 29.9 Å². The number of hydrogen-bond acceptors (Lipinski definition) is 5. The van der Waals surface area contributed by atoms with Gasteiger partial charge in [-0.2, -0.15) is 10.2 Å². The van der Waals surface area contributed by atoms with Crippen molar-refractivity contribution in [2.75, 3.05) is 14.2 Å². The predicted octanol–water partition coefficient (Wildman–Crippen LogP) is 2.73. The molecule has 0 aliphatic heterocycles. The van der Waals surface area contributed by atoms with Crippen LogP contribution in [0.3, 0.4) is 0 Å². The van der Waals surface area contributed by atoms with E-state index in [1.807, 2.05) is 48.5 Å². The number of aromatic nitrogens is 5. The lowest BCUT2D eigenvalue weighted by atomic mass is 10.1. The van der Waals surface area contributed by atoms with Crippen molar-refractivity contribution in [3.8, 4) is 22.7 Å². The van der Waals surface area contributed by atoms with Gasteiger partial charge >= 0.3 is 5.69 Å². The molecule has 154 valence electrons. The average molecular weight is 408 g/mol. The van der Waals surface area contributed by atoms with Crippen LogP contribution in [-0.2, 0) is 13.1 Å². The fraction of sp³-hybridized carbons (Fsp3) is 0.190. The molecule has 0 saturated carbocycles. The largest absolute Gasteiger partial charge is 0.497 e. The van der Waals surface area contributed by atoms with Gasteiger partial charge in [-0.25, -0.2) is 19.0 Å². The molecule has 0 fully saturated rings. The number of nitrogens with one attached hydrogen (secondary N) is 2. The molecular weight excluding hydrogens is 387 g/mol. The number of ether oxygens (including phenoxy) is 1. The third-order valence-corrected chi connectivity index (χ3v) is 4.65. The van der Waals surface area contributed by atoms with Crippen LogP contribution in [0, 0.1) is 5.82 Å². The Kier molecular flexibility index (Phi) is 5.44. The van der Waals surface area contributed by atoms with Gasteiger partial charge in [0.2, 0.25) is 0 Å². The van der Waals surface area contributed by atoms with Crippen molar-refractivity contribution in [2.45, 2.75) is 13.1 Å². The van der Waals surface area contributed by atoms with E-state index in [9.17, 15) is 9.18 Å². The van der Waals surface area contributed by atoms with Crippen molar-refractivity contribution in [3.63, 3.8) is 0 Å². The number of para-hydroxylation sites is 1. The summed E-state index contributed by atoms with van der Waals surface area (Å²) in [6.07, 6.45) is 1.89. The van der Waals surface area contributed by atoms with Crippen LogP contribution in [0.2, 0.25) is 0 Å². The highest BCUT2D eigenvalue weighted by Gasteiger charge is 2.18. The quantitative estimate of drug-likeness (QED) is 0.491. The van der Waals surface area contributed by atoms with Crippen LogP contribution in [0.5, 0.6) is 5.75 Å². The van der Waals surface area contributed by atoms with E-state index in [1.54, 1.807) is 16.8 Å². The Hall–Kier alpha value is -3.72. The molecule has 0 aliphatic rings. The standard InChI is InChI=1S/C21H21FN6O2/c1-27(13-19-23-21(29)25-24-19)11-14-12-28(15-6-4-3-5-7-15)26-20(14)17-9-8-16(30-2)10-18(17)22/h3-10,12H,11,13H2,1-2H3,(H2,23,24,25,29). The summed E-state index contributed by atoms with van der Waals surface area (Å²) in [6.45, 7) is 0.891. The molecule has 4 aromatic rings. The van der Waals surface area contributed by atoms with Crippen molar-refractivity contribution in [3.05, 3.63) is 82.4 Å². The first kappa shape index (κ1) is 19.6. The molecule has 0 radical (unpaired) electrons. The second kappa shape index (κ2) is 8.34. The monoisotopic (exact) mass is 408 g/mol. The fourth-order valence-electron chi connectivity index (χ4n) is 3.26. The van der Waals surface area contributed by atoms with Crippen LogP contribution >= 0.6 is 0 Å². The second-order valence-electron chi connectivity index (χ2n) is 6.93. The maximum Gasteiger partial charge on any atom is 0.340 e. The molecule has 0 spiro atoms. The van der Waals surface area contributed by atoms with Crippen LogP contribution in [-0.4, -0.2) is 44.0 Å². The molecule has 0 unspecified atom stereocenters. The minimum Gasteiger partial charge on any atom is -0.497 e. The number of hydrogen-bond donors (Lipinski definition) is 2. The Balaban J connectivity index is 1.70. The highest BCUT2D eigenvalue weighted by atomic mass is 19.1. The van der Waals surface area contributed by atoms with Crippen molar-refractivity contribution in [2.24, 2.45) is 0 Å². The lowest BCUT2D eigenvalue weighted by molar-refractivity contribution is 0.311. The van der Waals surface area contributed by atoms with Gasteiger partial charge in [-0.1, -0.05) is 18.2 Å². The van der Waals surface area contributed by atoms with Gasteiger partial charge in [0, 0.05) is 29.9 Å². The van der Waals surface area contributed by atoms with E-state index < -0.39 is 5.82 Å². The van der Waals surface area contributed by atoms with E-state index in [0.29, 0.717) is 35.9 Å². The fourth-order valence-corrected chi connectivity index (χ4v) is 3.26. The van der Waals surface area contributed by atoms with Crippen LogP contribution in [0.4, 0.5) is 4.39 Å². The molecule has 2 heterocycles. The molecule has 30 heavy (non-hydrogen) atoms. The van der Waals surface area contributed by atoms with Gasteiger partial charge in [0.05, 0.1) is 19.3 Å². The van der Waals surface area contributed by atoms with E-state index in [-0.39, 0.29) is 5.69 Å². The summed E-state index contributed by atoms with van der Waals surface area (Å²) in [5.41, 5.74) is 2.29. The third-order valence-electron chi connectivity index (χ3n) is 4.65. The Morgan fingerprint density at radius 3 is 2.63 bits per heavy atom. The third kappa shape index (κ3) is 4.15.